The lowest BCUT2D eigenvalue weighted by atomic mass is 10.0. The SMILES string of the molecule is CC(C)c1ccc(CN(C(=O)COc2ccccc2Cl)C2CCS(=O)(=O)C2)cc1. The molecule has 1 amide bonds. The molecule has 2 aromatic rings. The number of ether oxygens (including phenoxy) is 1. The molecule has 0 bridgehead atoms. The second-order valence-electron chi connectivity index (χ2n) is 7.69. The number of carbonyl (C=O) groups excluding carboxylic acids is 1. The standard InChI is InChI=1S/C22H26ClNO4S/c1-16(2)18-9-7-17(8-10-18)13-24(19-11-12-29(26,27)15-19)22(25)14-28-21-6-4-3-5-20(21)23/h3-10,16,19H,11-15H2,1-2H3. The fraction of sp³-hybridized carbons (Fsp3) is 0.409. The van der Waals surface area contributed by atoms with E-state index in [9.17, 15) is 13.2 Å². The summed E-state index contributed by atoms with van der Waals surface area (Å²) < 4.78 is 29.6. The summed E-state index contributed by atoms with van der Waals surface area (Å²) in [4.78, 5) is 14.6. The number of halogens is 1. The molecule has 1 aliphatic heterocycles. The molecule has 0 radical (unpaired) electrons. The molecule has 1 heterocycles. The molecule has 1 fully saturated rings. The zero-order valence-corrected chi connectivity index (χ0v) is 18.2. The normalized spacial score (nSPS) is 18.0. The van der Waals surface area contributed by atoms with Crippen LogP contribution >= 0.6 is 11.6 Å². The van der Waals surface area contributed by atoms with Gasteiger partial charge in [0.1, 0.15) is 5.75 Å². The third kappa shape index (κ3) is 5.73. The molecule has 7 heteroatoms. The van der Waals surface area contributed by atoms with E-state index in [1.165, 1.54) is 5.56 Å². The molecule has 0 aromatic heterocycles. The fourth-order valence-electron chi connectivity index (χ4n) is 3.43. The number of carbonyl (C=O) groups is 1. The number of rotatable bonds is 7. The molecule has 0 spiro atoms. The molecule has 0 N–H and O–H groups in total. The largest absolute Gasteiger partial charge is 0.482 e. The minimum absolute atomic E-state index is 0.00505. The van der Waals surface area contributed by atoms with E-state index in [-0.39, 0.29) is 30.1 Å². The van der Waals surface area contributed by atoms with Gasteiger partial charge in [-0.1, -0.05) is 61.8 Å². The van der Waals surface area contributed by atoms with Crippen molar-refractivity contribution >= 4 is 27.3 Å². The van der Waals surface area contributed by atoms with Gasteiger partial charge in [0.2, 0.25) is 0 Å². The highest BCUT2D eigenvalue weighted by molar-refractivity contribution is 7.91. The maximum Gasteiger partial charge on any atom is 0.261 e. The number of para-hydroxylation sites is 1. The van der Waals surface area contributed by atoms with Crippen molar-refractivity contribution < 1.29 is 17.9 Å². The maximum atomic E-state index is 13.0. The van der Waals surface area contributed by atoms with Crippen LogP contribution in [0.15, 0.2) is 48.5 Å². The van der Waals surface area contributed by atoms with Crippen LogP contribution in [0.25, 0.3) is 0 Å². The van der Waals surface area contributed by atoms with Crippen LogP contribution in [0, 0.1) is 0 Å². The van der Waals surface area contributed by atoms with Gasteiger partial charge >= 0.3 is 0 Å². The minimum atomic E-state index is -3.11. The lowest BCUT2D eigenvalue weighted by Gasteiger charge is -2.28. The van der Waals surface area contributed by atoms with Crippen LogP contribution in [0.4, 0.5) is 0 Å². The molecular weight excluding hydrogens is 410 g/mol. The topological polar surface area (TPSA) is 63.7 Å². The predicted octanol–water partition coefficient (Wildman–Crippen LogP) is 4.06. The van der Waals surface area contributed by atoms with Crippen molar-refractivity contribution in [1.29, 1.82) is 0 Å². The summed E-state index contributed by atoms with van der Waals surface area (Å²) in [6, 6.07) is 14.7. The van der Waals surface area contributed by atoms with Gasteiger partial charge in [0.25, 0.3) is 5.91 Å². The molecule has 29 heavy (non-hydrogen) atoms. The number of sulfone groups is 1. The quantitative estimate of drug-likeness (QED) is 0.657. The van der Waals surface area contributed by atoms with Crippen molar-refractivity contribution in [1.82, 2.24) is 4.90 Å². The Morgan fingerprint density at radius 1 is 1.17 bits per heavy atom. The van der Waals surface area contributed by atoms with Gasteiger partial charge in [-0.25, -0.2) is 8.42 Å². The van der Waals surface area contributed by atoms with Crippen LogP contribution in [-0.2, 0) is 21.2 Å². The number of amides is 1. The summed E-state index contributed by atoms with van der Waals surface area (Å²) in [6.07, 6.45) is 0.449. The van der Waals surface area contributed by atoms with Crippen molar-refractivity contribution in [2.75, 3.05) is 18.1 Å². The summed E-state index contributed by atoms with van der Waals surface area (Å²) in [5.41, 5.74) is 2.18. The predicted molar refractivity (Wildman–Crippen MR) is 115 cm³/mol. The molecule has 0 aliphatic carbocycles. The Morgan fingerprint density at radius 3 is 2.45 bits per heavy atom. The summed E-state index contributed by atoms with van der Waals surface area (Å²) in [5, 5.41) is 0.430. The Balaban J connectivity index is 1.75. The van der Waals surface area contributed by atoms with Crippen LogP contribution in [0.2, 0.25) is 5.02 Å². The molecule has 2 aromatic carbocycles. The second-order valence-corrected chi connectivity index (χ2v) is 10.3. The van der Waals surface area contributed by atoms with Crippen molar-refractivity contribution in [3.05, 3.63) is 64.7 Å². The van der Waals surface area contributed by atoms with Crippen LogP contribution < -0.4 is 4.74 Å². The summed E-state index contributed by atoms with van der Waals surface area (Å²) in [7, 11) is -3.11. The first-order chi connectivity index (χ1) is 13.7. The monoisotopic (exact) mass is 435 g/mol. The Bertz CT molecular complexity index is 957. The van der Waals surface area contributed by atoms with Crippen molar-refractivity contribution in [2.45, 2.75) is 38.8 Å². The van der Waals surface area contributed by atoms with Crippen molar-refractivity contribution in [2.24, 2.45) is 0 Å². The lowest BCUT2D eigenvalue weighted by molar-refractivity contribution is -0.136. The van der Waals surface area contributed by atoms with Crippen molar-refractivity contribution in [3.63, 3.8) is 0 Å². The molecular formula is C22H26ClNO4S. The van der Waals surface area contributed by atoms with Gasteiger partial charge in [0.15, 0.2) is 16.4 Å². The van der Waals surface area contributed by atoms with E-state index in [4.69, 9.17) is 16.3 Å². The van der Waals surface area contributed by atoms with E-state index in [0.29, 0.717) is 29.7 Å². The average Bonchev–Trinajstić information content (AvgIpc) is 3.05. The van der Waals surface area contributed by atoms with E-state index in [0.717, 1.165) is 5.56 Å². The second kappa shape index (κ2) is 9.18. The summed E-state index contributed by atoms with van der Waals surface area (Å²) in [5.74, 6) is 0.710. The molecule has 156 valence electrons. The molecule has 1 unspecified atom stereocenters. The first-order valence-electron chi connectivity index (χ1n) is 9.71. The zero-order valence-electron chi connectivity index (χ0n) is 16.7. The Hall–Kier alpha value is -2.05. The van der Waals surface area contributed by atoms with Gasteiger partial charge in [0, 0.05) is 12.6 Å². The van der Waals surface area contributed by atoms with E-state index >= 15 is 0 Å². The third-order valence-electron chi connectivity index (χ3n) is 5.16. The number of hydrogen-bond acceptors (Lipinski definition) is 4. The van der Waals surface area contributed by atoms with Crippen LogP contribution in [0.1, 0.15) is 37.3 Å². The van der Waals surface area contributed by atoms with Crippen LogP contribution in [0.3, 0.4) is 0 Å². The number of hydrogen-bond donors (Lipinski definition) is 0. The van der Waals surface area contributed by atoms with E-state index < -0.39 is 9.84 Å². The molecule has 1 atom stereocenters. The number of benzene rings is 2. The van der Waals surface area contributed by atoms with Crippen LogP contribution in [0.5, 0.6) is 5.75 Å². The van der Waals surface area contributed by atoms with E-state index in [1.54, 1.807) is 29.2 Å². The summed E-state index contributed by atoms with van der Waals surface area (Å²) in [6.45, 7) is 4.41. The fourth-order valence-corrected chi connectivity index (χ4v) is 5.35. The third-order valence-corrected chi connectivity index (χ3v) is 7.22. The van der Waals surface area contributed by atoms with Crippen LogP contribution in [-0.4, -0.2) is 43.4 Å². The Kier molecular flexibility index (Phi) is 6.85. The average molecular weight is 436 g/mol. The first-order valence-corrected chi connectivity index (χ1v) is 11.9. The van der Waals surface area contributed by atoms with E-state index in [1.807, 2.05) is 24.3 Å². The van der Waals surface area contributed by atoms with Gasteiger partial charge in [-0.05, 0) is 35.6 Å². The molecule has 5 nitrogen and oxygen atoms in total. The van der Waals surface area contributed by atoms with Gasteiger partial charge in [-0.2, -0.15) is 0 Å². The molecule has 1 saturated heterocycles. The highest BCUT2D eigenvalue weighted by Gasteiger charge is 2.34. The first kappa shape index (κ1) is 21.7. The van der Waals surface area contributed by atoms with E-state index in [2.05, 4.69) is 13.8 Å². The lowest BCUT2D eigenvalue weighted by Crippen LogP contribution is -2.43. The van der Waals surface area contributed by atoms with Gasteiger partial charge in [-0.3, -0.25) is 4.79 Å². The maximum absolute atomic E-state index is 13.0. The Morgan fingerprint density at radius 2 is 1.86 bits per heavy atom. The highest BCUT2D eigenvalue weighted by atomic mass is 35.5. The van der Waals surface area contributed by atoms with Crippen molar-refractivity contribution in [3.8, 4) is 5.75 Å². The molecule has 3 rings (SSSR count). The zero-order chi connectivity index (χ0) is 21.0. The molecule has 1 aliphatic rings. The van der Waals surface area contributed by atoms with Gasteiger partial charge < -0.3 is 9.64 Å². The van der Waals surface area contributed by atoms with Gasteiger partial charge in [-0.15, -0.1) is 0 Å². The number of nitrogens with zero attached hydrogens (tertiary/aromatic N) is 1. The Labute approximate surface area is 177 Å². The molecule has 0 saturated carbocycles. The van der Waals surface area contributed by atoms with Gasteiger partial charge in [0.05, 0.1) is 16.5 Å². The minimum Gasteiger partial charge on any atom is -0.482 e. The highest BCUT2D eigenvalue weighted by Crippen LogP contribution is 2.25. The smallest absolute Gasteiger partial charge is 0.261 e. The summed E-state index contributed by atoms with van der Waals surface area (Å²) >= 11 is 6.09.